The zero-order chi connectivity index (χ0) is 26.0. The fraction of sp³-hybridized carbons (Fsp3) is 0. The minimum Gasteiger partial charge on any atom is -0.203 e. The highest BCUT2D eigenvalue weighted by Crippen LogP contribution is 2.47. The molecule has 5 aromatic carbocycles. The molecule has 0 aliphatic rings. The van der Waals surface area contributed by atoms with E-state index in [1.165, 1.54) is 24.3 Å². The number of hydrogen-bond donors (Lipinski definition) is 0. The van der Waals surface area contributed by atoms with Gasteiger partial charge >= 0.3 is 0 Å². The van der Waals surface area contributed by atoms with Gasteiger partial charge in [-0.15, -0.1) is 0 Å². The van der Waals surface area contributed by atoms with Crippen molar-refractivity contribution in [1.82, 2.24) is 0 Å². The topological polar surface area (TPSA) is 0 Å². The Kier molecular flexibility index (Phi) is 5.42. The fourth-order valence-electron chi connectivity index (χ4n) is 4.32. The molecule has 0 bridgehead atoms. The number of benzene rings is 5. The molecule has 0 saturated carbocycles. The van der Waals surface area contributed by atoms with Crippen molar-refractivity contribution < 1.29 is 43.9 Å². The first-order valence-corrected chi connectivity index (χ1v) is 10.0. The van der Waals surface area contributed by atoms with Crippen LogP contribution in [0.15, 0.2) is 48.5 Å². The zero-order valence-electron chi connectivity index (χ0n) is 17.4. The summed E-state index contributed by atoms with van der Waals surface area (Å²) in [5.41, 5.74) is -3.69. The van der Waals surface area contributed by atoms with Crippen molar-refractivity contribution >= 4 is 21.5 Å². The Morgan fingerprint density at radius 3 is 0.667 bits per heavy atom. The van der Waals surface area contributed by atoms with E-state index < -0.39 is 80.4 Å². The Bertz CT molecular complexity index is 1500. The van der Waals surface area contributed by atoms with Crippen LogP contribution in [0.1, 0.15) is 0 Å². The molecule has 0 saturated heterocycles. The van der Waals surface area contributed by atoms with Gasteiger partial charge in [0, 0.05) is 11.1 Å². The zero-order valence-corrected chi connectivity index (χ0v) is 17.4. The van der Waals surface area contributed by atoms with Gasteiger partial charge in [-0.3, -0.25) is 0 Å². The summed E-state index contributed by atoms with van der Waals surface area (Å²) in [6.45, 7) is 0. The van der Waals surface area contributed by atoms with Crippen molar-refractivity contribution in [3.05, 3.63) is 107 Å². The van der Waals surface area contributed by atoms with Crippen LogP contribution >= 0.6 is 0 Å². The third-order valence-electron chi connectivity index (χ3n) is 5.85. The summed E-state index contributed by atoms with van der Waals surface area (Å²) >= 11 is 0. The molecule has 5 aromatic rings. The lowest BCUT2D eigenvalue weighted by atomic mass is 9.85. The van der Waals surface area contributed by atoms with E-state index in [9.17, 15) is 43.9 Å². The molecule has 0 N–H and O–H groups in total. The van der Waals surface area contributed by atoms with Gasteiger partial charge in [0.25, 0.3) is 0 Å². The van der Waals surface area contributed by atoms with E-state index >= 15 is 0 Å². The van der Waals surface area contributed by atoms with Crippen LogP contribution in [0.4, 0.5) is 43.9 Å². The standard InChI is InChI=1S/C26H8F10/c27-17-15(18(28)22(32)25(35)21(17)31)13-9-5-1-2-6-10(9)14(12-8-4-3-7-11(12)13)16-19(29)23(33)26(36)24(34)20(16)30/h1-8H. The van der Waals surface area contributed by atoms with Gasteiger partial charge in [-0.25, -0.2) is 43.9 Å². The molecule has 0 unspecified atom stereocenters. The molecule has 0 nitrogen and oxygen atoms in total. The van der Waals surface area contributed by atoms with Crippen molar-refractivity contribution in [2.45, 2.75) is 0 Å². The molecule has 0 fully saturated rings. The molecular weight excluding hydrogens is 502 g/mol. The lowest BCUT2D eigenvalue weighted by Crippen LogP contribution is -2.06. The lowest BCUT2D eigenvalue weighted by molar-refractivity contribution is 0.381. The van der Waals surface area contributed by atoms with Crippen LogP contribution < -0.4 is 0 Å². The van der Waals surface area contributed by atoms with Crippen LogP contribution in [0.3, 0.4) is 0 Å². The first-order valence-electron chi connectivity index (χ1n) is 10.0. The maximum Gasteiger partial charge on any atom is 0.200 e. The normalized spacial score (nSPS) is 11.6. The third-order valence-corrected chi connectivity index (χ3v) is 5.85. The summed E-state index contributed by atoms with van der Waals surface area (Å²) in [5, 5.41) is -1.06. The Hall–Kier alpha value is -4.08. The van der Waals surface area contributed by atoms with Crippen LogP contribution in [0, 0.1) is 58.2 Å². The van der Waals surface area contributed by atoms with Crippen molar-refractivity contribution in [2.24, 2.45) is 0 Å². The van der Waals surface area contributed by atoms with Gasteiger partial charge in [-0.05, 0) is 21.5 Å². The Labute approximate surface area is 195 Å². The Morgan fingerprint density at radius 1 is 0.250 bits per heavy atom. The number of rotatable bonds is 2. The van der Waals surface area contributed by atoms with E-state index in [1.54, 1.807) is 0 Å². The van der Waals surface area contributed by atoms with Crippen LogP contribution in [-0.2, 0) is 0 Å². The van der Waals surface area contributed by atoms with Gasteiger partial charge in [0.15, 0.2) is 46.5 Å². The second kappa shape index (κ2) is 8.25. The highest BCUT2D eigenvalue weighted by atomic mass is 19.2. The summed E-state index contributed by atoms with van der Waals surface area (Å²) in [5.74, 6) is -22.3. The predicted octanol–water partition coefficient (Wildman–Crippen LogP) is 8.72. The third kappa shape index (κ3) is 3.09. The highest BCUT2D eigenvalue weighted by Gasteiger charge is 2.32. The molecule has 10 heteroatoms. The van der Waals surface area contributed by atoms with E-state index in [2.05, 4.69) is 0 Å². The molecule has 36 heavy (non-hydrogen) atoms. The van der Waals surface area contributed by atoms with Crippen LogP contribution in [0.2, 0.25) is 0 Å². The predicted molar refractivity (Wildman–Crippen MR) is 112 cm³/mol. The van der Waals surface area contributed by atoms with Gasteiger partial charge in [-0.2, -0.15) is 0 Å². The number of halogens is 10. The molecule has 0 atom stereocenters. The van der Waals surface area contributed by atoms with Crippen molar-refractivity contribution in [1.29, 1.82) is 0 Å². The SMILES string of the molecule is Fc1c(F)c(F)c(-c2c3ccccc3c(-c3c(F)c(F)c(F)c(F)c3F)c3ccccc23)c(F)c1F. The van der Waals surface area contributed by atoms with Gasteiger partial charge < -0.3 is 0 Å². The second-order valence-electron chi connectivity index (χ2n) is 7.73. The minimum atomic E-state index is -2.39. The molecular formula is C26H8F10. The second-order valence-corrected chi connectivity index (χ2v) is 7.73. The quantitative estimate of drug-likeness (QED) is 0.0965. The monoisotopic (exact) mass is 510 g/mol. The maximum atomic E-state index is 14.9. The maximum absolute atomic E-state index is 14.9. The van der Waals surface area contributed by atoms with Crippen LogP contribution in [0.25, 0.3) is 43.8 Å². The fourth-order valence-corrected chi connectivity index (χ4v) is 4.32. The molecule has 0 heterocycles. The minimum absolute atomic E-state index is 0.265. The molecule has 5 rings (SSSR count). The molecule has 0 amide bonds. The van der Waals surface area contributed by atoms with Crippen molar-refractivity contribution in [3.63, 3.8) is 0 Å². The summed E-state index contributed by atoms with van der Waals surface area (Å²) < 4.78 is 143. The largest absolute Gasteiger partial charge is 0.203 e. The average Bonchev–Trinajstić information content (AvgIpc) is 2.89. The Morgan fingerprint density at radius 2 is 0.444 bits per heavy atom. The van der Waals surface area contributed by atoms with Gasteiger partial charge in [0.2, 0.25) is 11.6 Å². The smallest absolute Gasteiger partial charge is 0.200 e. The molecule has 0 aliphatic heterocycles. The molecule has 182 valence electrons. The van der Waals surface area contributed by atoms with E-state index in [0.717, 1.165) is 24.3 Å². The van der Waals surface area contributed by atoms with Crippen molar-refractivity contribution in [2.75, 3.05) is 0 Å². The van der Waals surface area contributed by atoms with Crippen molar-refractivity contribution in [3.8, 4) is 22.3 Å². The highest BCUT2D eigenvalue weighted by molar-refractivity contribution is 6.21. The van der Waals surface area contributed by atoms with Crippen LogP contribution in [0.5, 0.6) is 0 Å². The molecule has 0 spiro atoms. The first-order chi connectivity index (χ1) is 17.1. The first kappa shape index (κ1) is 23.7. The van der Waals surface area contributed by atoms with Gasteiger partial charge in [0.05, 0.1) is 11.1 Å². The van der Waals surface area contributed by atoms with E-state index in [-0.39, 0.29) is 21.5 Å². The summed E-state index contributed by atoms with van der Waals surface area (Å²) in [6.07, 6.45) is 0. The van der Waals surface area contributed by atoms with E-state index in [4.69, 9.17) is 0 Å². The van der Waals surface area contributed by atoms with E-state index in [0.29, 0.717) is 0 Å². The molecule has 0 radical (unpaired) electrons. The van der Waals surface area contributed by atoms with E-state index in [1.807, 2.05) is 0 Å². The lowest BCUT2D eigenvalue weighted by Gasteiger charge is -2.19. The summed E-state index contributed by atoms with van der Waals surface area (Å²) in [7, 11) is 0. The summed E-state index contributed by atoms with van der Waals surface area (Å²) in [6, 6.07) is 9.83. The molecule has 0 aliphatic carbocycles. The van der Waals surface area contributed by atoms with Crippen LogP contribution in [-0.4, -0.2) is 0 Å². The average molecular weight is 510 g/mol. The summed E-state index contributed by atoms with van der Waals surface area (Å²) in [4.78, 5) is 0. The van der Waals surface area contributed by atoms with Gasteiger partial charge in [-0.1, -0.05) is 48.5 Å². The molecule has 0 aromatic heterocycles. The van der Waals surface area contributed by atoms with Gasteiger partial charge in [0.1, 0.15) is 0 Å². The Balaban J connectivity index is 2.08. The number of hydrogen-bond acceptors (Lipinski definition) is 0. The number of fused-ring (bicyclic) bond motifs is 2.